The van der Waals surface area contributed by atoms with Crippen molar-refractivity contribution in [2.45, 2.75) is 13.3 Å². The molecule has 0 radical (unpaired) electrons. The van der Waals surface area contributed by atoms with E-state index >= 15 is 0 Å². The normalized spacial score (nSPS) is 22.8. The molecule has 0 unspecified atom stereocenters. The third-order valence-electron chi connectivity index (χ3n) is 1.81. The lowest BCUT2D eigenvalue weighted by atomic mass is 10.0. The van der Waals surface area contributed by atoms with E-state index < -0.39 is 11.9 Å². The molecule has 1 aliphatic heterocycles. The van der Waals surface area contributed by atoms with Crippen LogP contribution in [0.2, 0.25) is 0 Å². The smallest absolute Gasteiger partial charge is 0.304 e. The van der Waals surface area contributed by atoms with E-state index in [1.165, 1.54) is 12.1 Å². The molecule has 0 aromatic carbocycles. The number of hydrazone groups is 1. The van der Waals surface area contributed by atoms with Crippen molar-refractivity contribution in [1.82, 2.24) is 5.01 Å². The highest BCUT2D eigenvalue weighted by molar-refractivity contribution is 6.08. The summed E-state index contributed by atoms with van der Waals surface area (Å²) in [5.41, 5.74) is 0.574. The molecule has 0 fully saturated rings. The molecule has 1 aliphatic rings. The van der Waals surface area contributed by atoms with Crippen LogP contribution in [0.25, 0.3) is 0 Å². The number of hydrogen-bond acceptors (Lipinski definition) is 3. The number of rotatable bonds is 2. The highest BCUT2D eigenvalue weighted by atomic mass is 16.4. The van der Waals surface area contributed by atoms with Crippen molar-refractivity contribution in [2.24, 2.45) is 11.0 Å². The Bertz CT molecular complexity index is 259. The van der Waals surface area contributed by atoms with E-state index in [2.05, 4.69) is 5.10 Å². The van der Waals surface area contributed by atoms with Gasteiger partial charge < -0.3 is 5.11 Å². The third kappa shape index (κ3) is 1.44. The van der Waals surface area contributed by atoms with Gasteiger partial charge in [-0.05, 0) is 6.92 Å². The third-order valence-corrected chi connectivity index (χ3v) is 1.81. The Hall–Kier alpha value is -1.39. The Morgan fingerprint density at radius 3 is 2.67 bits per heavy atom. The average molecular weight is 170 g/mol. The van der Waals surface area contributed by atoms with Gasteiger partial charge in [-0.2, -0.15) is 5.10 Å². The fourth-order valence-electron chi connectivity index (χ4n) is 1.17. The Morgan fingerprint density at radius 2 is 2.33 bits per heavy atom. The maximum Gasteiger partial charge on any atom is 0.304 e. The van der Waals surface area contributed by atoms with Gasteiger partial charge in [0.2, 0.25) is 0 Å². The molecule has 0 saturated heterocycles. The van der Waals surface area contributed by atoms with Gasteiger partial charge in [0.15, 0.2) is 0 Å². The second-order valence-electron chi connectivity index (χ2n) is 2.75. The van der Waals surface area contributed by atoms with Gasteiger partial charge in [-0.25, -0.2) is 5.01 Å². The zero-order chi connectivity index (χ0) is 9.30. The fraction of sp³-hybridized carbons (Fsp3) is 0.571. The van der Waals surface area contributed by atoms with Crippen LogP contribution in [0.1, 0.15) is 13.3 Å². The molecule has 0 aromatic heterocycles. The summed E-state index contributed by atoms with van der Waals surface area (Å²) < 4.78 is 0. The second-order valence-corrected chi connectivity index (χ2v) is 2.75. The second kappa shape index (κ2) is 2.92. The predicted octanol–water partition coefficient (Wildman–Crippen LogP) is -0.0748. The van der Waals surface area contributed by atoms with Crippen LogP contribution >= 0.6 is 0 Å². The highest BCUT2D eigenvalue weighted by Crippen LogP contribution is 2.16. The summed E-state index contributed by atoms with van der Waals surface area (Å²) >= 11 is 0. The first-order valence-corrected chi connectivity index (χ1v) is 3.57. The summed E-state index contributed by atoms with van der Waals surface area (Å²) in [4.78, 5) is 21.5. The van der Waals surface area contributed by atoms with Crippen molar-refractivity contribution in [2.75, 3.05) is 7.05 Å². The predicted molar refractivity (Wildman–Crippen MR) is 41.6 cm³/mol. The summed E-state index contributed by atoms with van der Waals surface area (Å²) in [5.74, 6) is -1.78. The van der Waals surface area contributed by atoms with Gasteiger partial charge in [-0.3, -0.25) is 9.59 Å². The molecule has 5 nitrogen and oxygen atoms in total. The quantitative estimate of drug-likeness (QED) is 0.630. The Morgan fingerprint density at radius 1 is 1.75 bits per heavy atom. The molecule has 1 N–H and O–H groups in total. The van der Waals surface area contributed by atoms with Crippen LogP contribution in [0.3, 0.4) is 0 Å². The Kier molecular flexibility index (Phi) is 2.12. The number of carbonyl (C=O) groups is 2. The van der Waals surface area contributed by atoms with Crippen molar-refractivity contribution >= 4 is 17.6 Å². The molecule has 0 saturated carbocycles. The first kappa shape index (κ1) is 8.70. The summed E-state index contributed by atoms with van der Waals surface area (Å²) in [5, 5.41) is 13.5. The molecule has 1 amide bonds. The molecular weight excluding hydrogens is 160 g/mol. The van der Waals surface area contributed by atoms with Crippen LogP contribution < -0.4 is 0 Å². The number of carboxylic acids is 1. The van der Waals surface area contributed by atoms with E-state index in [1.807, 2.05) is 0 Å². The Balaban J connectivity index is 2.72. The van der Waals surface area contributed by atoms with Crippen molar-refractivity contribution in [3.63, 3.8) is 0 Å². The SMILES string of the molecule is CC1=NN(C)C(=O)[C@H]1CC(=O)O. The fourth-order valence-corrected chi connectivity index (χ4v) is 1.17. The van der Waals surface area contributed by atoms with Crippen LogP contribution in [-0.2, 0) is 9.59 Å². The molecule has 5 heteroatoms. The van der Waals surface area contributed by atoms with E-state index in [0.29, 0.717) is 5.71 Å². The van der Waals surface area contributed by atoms with E-state index in [1.54, 1.807) is 6.92 Å². The van der Waals surface area contributed by atoms with E-state index in [-0.39, 0.29) is 12.3 Å². The molecule has 0 aromatic rings. The average Bonchev–Trinajstić information content (AvgIpc) is 2.16. The van der Waals surface area contributed by atoms with E-state index in [9.17, 15) is 9.59 Å². The number of hydrogen-bond donors (Lipinski definition) is 1. The molecule has 1 heterocycles. The van der Waals surface area contributed by atoms with Crippen LogP contribution in [0.5, 0.6) is 0 Å². The molecule has 12 heavy (non-hydrogen) atoms. The zero-order valence-electron chi connectivity index (χ0n) is 6.94. The zero-order valence-corrected chi connectivity index (χ0v) is 6.94. The largest absolute Gasteiger partial charge is 0.481 e. The van der Waals surface area contributed by atoms with Gasteiger partial charge in [-0.1, -0.05) is 0 Å². The maximum absolute atomic E-state index is 11.2. The first-order chi connectivity index (χ1) is 5.52. The lowest BCUT2D eigenvalue weighted by molar-refractivity contribution is -0.141. The van der Waals surface area contributed by atoms with Crippen LogP contribution in [0, 0.1) is 5.92 Å². The van der Waals surface area contributed by atoms with Crippen molar-refractivity contribution in [3.8, 4) is 0 Å². The van der Waals surface area contributed by atoms with Crippen molar-refractivity contribution in [3.05, 3.63) is 0 Å². The van der Waals surface area contributed by atoms with E-state index in [0.717, 1.165) is 0 Å². The van der Waals surface area contributed by atoms with Gasteiger partial charge >= 0.3 is 5.97 Å². The minimum atomic E-state index is -0.974. The lowest BCUT2D eigenvalue weighted by Gasteiger charge is -2.06. The lowest BCUT2D eigenvalue weighted by Crippen LogP contribution is -2.26. The molecule has 66 valence electrons. The number of carboxylic acid groups (broad SMARTS) is 1. The summed E-state index contributed by atoms with van der Waals surface area (Å²) in [6, 6.07) is 0. The monoisotopic (exact) mass is 170 g/mol. The van der Waals surface area contributed by atoms with Gasteiger partial charge in [0, 0.05) is 12.8 Å². The highest BCUT2D eigenvalue weighted by Gasteiger charge is 2.32. The first-order valence-electron chi connectivity index (χ1n) is 3.57. The molecule has 0 spiro atoms. The van der Waals surface area contributed by atoms with Crippen molar-refractivity contribution < 1.29 is 14.7 Å². The minimum Gasteiger partial charge on any atom is -0.481 e. The number of amides is 1. The van der Waals surface area contributed by atoms with Gasteiger partial charge in [-0.15, -0.1) is 0 Å². The van der Waals surface area contributed by atoms with Crippen LogP contribution in [0.15, 0.2) is 5.10 Å². The van der Waals surface area contributed by atoms with Gasteiger partial charge in [0.05, 0.1) is 12.3 Å². The number of aliphatic carboxylic acids is 1. The van der Waals surface area contributed by atoms with Crippen LogP contribution in [-0.4, -0.2) is 34.8 Å². The molecule has 1 atom stereocenters. The molecule has 0 aliphatic carbocycles. The van der Waals surface area contributed by atoms with Crippen molar-refractivity contribution in [1.29, 1.82) is 0 Å². The van der Waals surface area contributed by atoms with Gasteiger partial charge in [0.25, 0.3) is 5.91 Å². The van der Waals surface area contributed by atoms with Crippen LogP contribution in [0.4, 0.5) is 0 Å². The maximum atomic E-state index is 11.2. The van der Waals surface area contributed by atoms with E-state index in [4.69, 9.17) is 5.11 Å². The topological polar surface area (TPSA) is 70.0 Å². The molecule has 0 bridgehead atoms. The summed E-state index contributed by atoms with van der Waals surface area (Å²) in [7, 11) is 1.52. The summed E-state index contributed by atoms with van der Waals surface area (Å²) in [6.45, 7) is 1.66. The number of carbonyl (C=O) groups excluding carboxylic acids is 1. The van der Waals surface area contributed by atoms with Gasteiger partial charge in [0.1, 0.15) is 0 Å². The number of nitrogens with zero attached hydrogens (tertiary/aromatic N) is 2. The molecular formula is C7H10N2O3. The Labute approximate surface area is 69.7 Å². The standard InChI is InChI=1S/C7H10N2O3/c1-4-5(3-6(10)11)7(12)9(2)8-4/h5H,3H2,1-2H3,(H,10,11)/t5-/m0/s1. The minimum absolute atomic E-state index is 0.168. The summed E-state index contributed by atoms with van der Waals surface area (Å²) in [6.07, 6.45) is -0.168. The molecule has 1 rings (SSSR count).